The van der Waals surface area contributed by atoms with E-state index in [9.17, 15) is 9.59 Å². The zero-order valence-electron chi connectivity index (χ0n) is 19.1. The van der Waals surface area contributed by atoms with Crippen molar-refractivity contribution in [3.8, 4) is 5.75 Å². The maximum absolute atomic E-state index is 13.1. The van der Waals surface area contributed by atoms with Gasteiger partial charge < -0.3 is 15.0 Å². The van der Waals surface area contributed by atoms with Gasteiger partial charge in [0.25, 0.3) is 5.91 Å². The highest BCUT2D eigenvalue weighted by atomic mass is 35.5. The van der Waals surface area contributed by atoms with Crippen molar-refractivity contribution in [2.45, 2.75) is 62.5 Å². The average molecular weight is 478 g/mol. The number of piperidine rings is 1. The molecule has 2 aromatic rings. The van der Waals surface area contributed by atoms with E-state index in [4.69, 9.17) is 22.9 Å². The largest absolute Gasteiger partial charge is 0.487 e. The molecule has 2 aromatic carbocycles. The first kappa shape index (κ1) is 22.7. The Morgan fingerprint density at radius 1 is 1.00 bits per heavy atom. The number of nitrogens with one attached hydrogen (secondary N) is 1. The molecular weight excluding hydrogens is 450 g/mol. The molecule has 0 atom stereocenters. The minimum absolute atomic E-state index is 0.0304. The number of hydrogen-bond donors (Lipinski definition) is 1. The summed E-state index contributed by atoms with van der Waals surface area (Å²) in [4.78, 5) is 30.1. The number of nitrogens with zero attached hydrogens (tertiary/aromatic N) is 2. The SMILES string of the molecule is [C-]#[N+]c1ccc(OC23CCC(NC(=O)c4ccc(N5CCC(=O)CC5)cc4)(CC2)CC3)cc1Cl. The van der Waals surface area contributed by atoms with Gasteiger partial charge in [-0.3, -0.25) is 9.59 Å². The third-order valence-electron chi connectivity index (χ3n) is 7.75. The van der Waals surface area contributed by atoms with Crippen LogP contribution in [0.3, 0.4) is 0 Å². The molecule has 3 saturated carbocycles. The van der Waals surface area contributed by atoms with Gasteiger partial charge in [0.05, 0.1) is 11.6 Å². The maximum Gasteiger partial charge on any atom is 0.251 e. The van der Waals surface area contributed by atoms with Gasteiger partial charge in [0.15, 0.2) is 0 Å². The van der Waals surface area contributed by atoms with Gasteiger partial charge in [-0.1, -0.05) is 17.7 Å². The van der Waals surface area contributed by atoms with Gasteiger partial charge in [0, 0.05) is 42.7 Å². The maximum atomic E-state index is 13.1. The van der Waals surface area contributed by atoms with Crippen LogP contribution in [0.4, 0.5) is 11.4 Å². The molecule has 6 nitrogen and oxygen atoms in total. The van der Waals surface area contributed by atoms with E-state index >= 15 is 0 Å². The van der Waals surface area contributed by atoms with Crippen LogP contribution in [0.2, 0.25) is 5.02 Å². The molecule has 4 fully saturated rings. The van der Waals surface area contributed by atoms with Crippen LogP contribution in [-0.4, -0.2) is 35.9 Å². The highest BCUT2D eigenvalue weighted by Gasteiger charge is 2.50. The predicted molar refractivity (Wildman–Crippen MR) is 132 cm³/mol. The van der Waals surface area contributed by atoms with Crippen molar-refractivity contribution in [3.05, 3.63) is 64.5 Å². The molecule has 1 heterocycles. The number of carbonyl (C=O) groups excluding carboxylic acids is 2. The number of ketones is 1. The lowest BCUT2D eigenvalue weighted by Gasteiger charge is -2.53. The van der Waals surface area contributed by atoms with E-state index in [1.807, 2.05) is 30.3 Å². The van der Waals surface area contributed by atoms with Crippen molar-refractivity contribution in [1.82, 2.24) is 5.32 Å². The number of benzene rings is 2. The summed E-state index contributed by atoms with van der Waals surface area (Å²) in [5.41, 5.74) is 1.75. The Morgan fingerprint density at radius 3 is 2.24 bits per heavy atom. The quantitative estimate of drug-likeness (QED) is 0.560. The molecule has 6 rings (SSSR count). The third-order valence-corrected chi connectivity index (χ3v) is 8.05. The highest BCUT2D eigenvalue weighted by Crippen LogP contribution is 2.49. The Bertz CT molecular complexity index is 1120. The first-order valence-electron chi connectivity index (χ1n) is 11.9. The molecule has 1 saturated heterocycles. The fourth-order valence-electron chi connectivity index (χ4n) is 5.53. The fourth-order valence-corrected chi connectivity index (χ4v) is 5.75. The summed E-state index contributed by atoms with van der Waals surface area (Å²) >= 11 is 6.19. The first-order chi connectivity index (χ1) is 16.4. The molecule has 7 heteroatoms. The Hall–Kier alpha value is -3.04. The normalized spacial score (nSPS) is 26.1. The van der Waals surface area contributed by atoms with Crippen molar-refractivity contribution in [2.24, 2.45) is 0 Å². The number of Topliss-reactive ketones (excluding diaryl/α,β-unsaturated/α-hetero) is 1. The molecule has 176 valence electrons. The van der Waals surface area contributed by atoms with Gasteiger partial charge in [-0.05, 0) is 74.9 Å². The third kappa shape index (κ3) is 4.50. The van der Waals surface area contributed by atoms with Crippen LogP contribution in [0, 0.1) is 6.57 Å². The number of halogens is 1. The second kappa shape index (κ2) is 8.96. The van der Waals surface area contributed by atoms with Gasteiger partial charge in [-0.25, -0.2) is 4.85 Å². The van der Waals surface area contributed by atoms with Crippen molar-refractivity contribution in [1.29, 1.82) is 0 Å². The molecule has 0 aromatic heterocycles. The molecule has 3 aliphatic carbocycles. The topological polar surface area (TPSA) is 63.0 Å². The van der Waals surface area contributed by atoms with Crippen LogP contribution in [-0.2, 0) is 4.79 Å². The van der Waals surface area contributed by atoms with Crippen LogP contribution >= 0.6 is 11.6 Å². The smallest absolute Gasteiger partial charge is 0.251 e. The Morgan fingerprint density at radius 2 is 1.65 bits per heavy atom. The Kier molecular flexibility index (Phi) is 5.99. The minimum Gasteiger partial charge on any atom is -0.487 e. The molecular formula is C27H28ClN3O3. The lowest BCUT2D eigenvalue weighted by Crippen LogP contribution is -2.60. The molecule has 1 N–H and O–H groups in total. The zero-order valence-corrected chi connectivity index (χ0v) is 19.9. The lowest BCUT2D eigenvalue weighted by atomic mass is 9.63. The van der Waals surface area contributed by atoms with E-state index in [1.54, 1.807) is 12.1 Å². The van der Waals surface area contributed by atoms with E-state index in [2.05, 4.69) is 15.1 Å². The second-order valence-electron chi connectivity index (χ2n) is 9.82. The van der Waals surface area contributed by atoms with E-state index in [1.165, 1.54) is 0 Å². The van der Waals surface area contributed by atoms with Gasteiger partial charge in [0.1, 0.15) is 17.1 Å². The van der Waals surface area contributed by atoms with Crippen molar-refractivity contribution >= 4 is 34.7 Å². The summed E-state index contributed by atoms with van der Waals surface area (Å²) in [6.45, 7) is 8.63. The predicted octanol–water partition coefficient (Wildman–Crippen LogP) is 5.71. The van der Waals surface area contributed by atoms with Crippen LogP contribution in [0.5, 0.6) is 5.75 Å². The molecule has 0 spiro atoms. The number of rotatable bonds is 5. The average Bonchev–Trinajstić information content (AvgIpc) is 2.86. The van der Waals surface area contributed by atoms with Crippen molar-refractivity contribution in [2.75, 3.05) is 18.0 Å². The molecule has 1 aliphatic heterocycles. The standard InChI is InChI=1S/C27H28ClN3O3/c1-29-24-7-6-22(18-23(24)28)34-27-13-10-26(11-14-27,12-15-27)30-25(33)19-2-4-20(5-3-19)31-16-8-21(32)9-17-31/h2-7,18H,8-17H2,(H,30,33). The van der Waals surface area contributed by atoms with Crippen LogP contribution in [0.1, 0.15) is 61.7 Å². The number of ether oxygens (including phenoxy) is 1. The number of hydrogen-bond acceptors (Lipinski definition) is 4. The number of carbonyl (C=O) groups is 2. The molecule has 1 amide bonds. The molecule has 34 heavy (non-hydrogen) atoms. The van der Waals surface area contributed by atoms with Crippen LogP contribution in [0.15, 0.2) is 42.5 Å². The van der Waals surface area contributed by atoms with E-state index in [0.29, 0.717) is 40.6 Å². The Balaban J connectivity index is 1.19. The lowest BCUT2D eigenvalue weighted by molar-refractivity contribution is -0.119. The highest BCUT2D eigenvalue weighted by molar-refractivity contribution is 6.33. The van der Waals surface area contributed by atoms with Gasteiger partial charge in [0.2, 0.25) is 5.69 Å². The monoisotopic (exact) mass is 477 g/mol. The first-order valence-corrected chi connectivity index (χ1v) is 12.3. The van der Waals surface area contributed by atoms with Gasteiger partial charge in [-0.15, -0.1) is 0 Å². The number of fused-ring (bicyclic) bond motifs is 3. The molecule has 2 bridgehead atoms. The summed E-state index contributed by atoms with van der Waals surface area (Å²) in [5, 5.41) is 3.75. The van der Waals surface area contributed by atoms with E-state index in [0.717, 1.165) is 57.3 Å². The van der Waals surface area contributed by atoms with E-state index < -0.39 is 0 Å². The summed E-state index contributed by atoms with van der Waals surface area (Å²) in [6, 6.07) is 13.0. The second-order valence-corrected chi connectivity index (χ2v) is 10.2. The van der Waals surface area contributed by atoms with Crippen molar-refractivity contribution < 1.29 is 14.3 Å². The minimum atomic E-state index is -0.229. The van der Waals surface area contributed by atoms with Crippen LogP contribution < -0.4 is 15.0 Å². The zero-order chi connectivity index (χ0) is 23.8. The number of anilines is 1. The van der Waals surface area contributed by atoms with Gasteiger partial charge >= 0.3 is 0 Å². The fraction of sp³-hybridized carbons (Fsp3) is 0.444. The summed E-state index contributed by atoms with van der Waals surface area (Å²) in [6.07, 6.45) is 6.46. The molecule has 4 aliphatic rings. The number of amides is 1. The van der Waals surface area contributed by atoms with Gasteiger partial charge in [-0.2, -0.15) is 0 Å². The molecule has 0 radical (unpaired) electrons. The summed E-state index contributed by atoms with van der Waals surface area (Å²) in [5.74, 6) is 0.994. The Labute approximate surface area is 205 Å². The van der Waals surface area contributed by atoms with Crippen molar-refractivity contribution in [3.63, 3.8) is 0 Å². The van der Waals surface area contributed by atoms with Crippen LogP contribution in [0.25, 0.3) is 4.85 Å². The summed E-state index contributed by atoms with van der Waals surface area (Å²) < 4.78 is 6.40. The molecule has 0 unspecified atom stereocenters. The summed E-state index contributed by atoms with van der Waals surface area (Å²) in [7, 11) is 0. The van der Waals surface area contributed by atoms with E-state index in [-0.39, 0.29) is 17.0 Å².